The molecular formula is C10H11N3O. The number of rotatable bonds is 2. The second-order valence-electron chi connectivity index (χ2n) is 2.88. The maximum atomic E-state index is 5.85. The lowest BCUT2D eigenvalue weighted by Crippen LogP contribution is -2.00. The van der Waals surface area contributed by atoms with Gasteiger partial charge in [-0.05, 0) is 18.2 Å². The monoisotopic (exact) mass is 189 g/mol. The first-order valence-electron chi connectivity index (χ1n) is 4.25. The molecule has 0 unspecified atom stereocenters. The van der Waals surface area contributed by atoms with Gasteiger partial charge in [0.2, 0.25) is 0 Å². The van der Waals surface area contributed by atoms with Gasteiger partial charge in [-0.2, -0.15) is 5.10 Å². The highest BCUT2D eigenvalue weighted by Gasteiger charge is 2.02. The molecule has 1 aromatic carbocycles. The van der Waals surface area contributed by atoms with E-state index in [0.29, 0.717) is 5.69 Å². The second kappa shape index (κ2) is 3.41. The first-order valence-corrected chi connectivity index (χ1v) is 4.25. The van der Waals surface area contributed by atoms with Gasteiger partial charge in [0.15, 0.2) is 0 Å². The summed E-state index contributed by atoms with van der Waals surface area (Å²) in [5, 5.41) is 4.10. The van der Waals surface area contributed by atoms with Crippen molar-refractivity contribution in [3.63, 3.8) is 0 Å². The van der Waals surface area contributed by atoms with Crippen molar-refractivity contribution >= 4 is 5.69 Å². The van der Waals surface area contributed by atoms with Crippen molar-refractivity contribution in [1.82, 2.24) is 9.78 Å². The summed E-state index contributed by atoms with van der Waals surface area (Å²) in [6, 6.07) is 7.36. The van der Waals surface area contributed by atoms with Crippen LogP contribution in [0.4, 0.5) is 5.69 Å². The molecule has 0 aliphatic carbocycles. The molecule has 72 valence electrons. The van der Waals surface area contributed by atoms with E-state index < -0.39 is 0 Å². The summed E-state index contributed by atoms with van der Waals surface area (Å²) in [7, 11) is 1.61. The minimum atomic E-state index is 0.646. The number of methoxy groups -OCH3 is 1. The third kappa shape index (κ3) is 1.42. The van der Waals surface area contributed by atoms with E-state index in [9.17, 15) is 0 Å². The third-order valence-electron chi connectivity index (χ3n) is 1.99. The molecule has 1 heterocycles. The van der Waals surface area contributed by atoms with Crippen LogP contribution in [0.2, 0.25) is 0 Å². The summed E-state index contributed by atoms with van der Waals surface area (Å²) in [6.07, 6.45) is 3.56. The Bertz CT molecular complexity index is 423. The Hall–Kier alpha value is -1.97. The van der Waals surface area contributed by atoms with Gasteiger partial charge in [0.25, 0.3) is 0 Å². The van der Waals surface area contributed by atoms with Gasteiger partial charge in [-0.1, -0.05) is 0 Å². The maximum Gasteiger partial charge on any atom is 0.121 e. The highest BCUT2D eigenvalue weighted by molar-refractivity contribution is 5.60. The Balaban J connectivity index is 2.46. The SMILES string of the molecule is COc1ccc(-n2cccn2)c(N)c1. The molecule has 0 amide bonds. The van der Waals surface area contributed by atoms with Crippen molar-refractivity contribution in [2.75, 3.05) is 12.8 Å². The molecule has 0 fully saturated rings. The number of ether oxygens (including phenoxy) is 1. The van der Waals surface area contributed by atoms with Crippen molar-refractivity contribution in [1.29, 1.82) is 0 Å². The van der Waals surface area contributed by atoms with Crippen LogP contribution in [-0.2, 0) is 0 Å². The molecule has 2 rings (SSSR count). The minimum absolute atomic E-state index is 0.646. The summed E-state index contributed by atoms with van der Waals surface area (Å²) in [5.41, 5.74) is 7.35. The Labute approximate surface area is 81.9 Å². The molecule has 0 spiro atoms. The van der Waals surface area contributed by atoms with Crippen LogP contribution in [-0.4, -0.2) is 16.9 Å². The second-order valence-corrected chi connectivity index (χ2v) is 2.88. The van der Waals surface area contributed by atoms with Crippen molar-refractivity contribution in [2.45, 2.75) is 0 Å². The van der Waals surface area contributed by atoms with Gasteiger partial charge >= 0.3 is 0 Å². The number of hydrogen-bond donors (Lipinski definition) is 1. The van der Waals surface area contributed by atoms with E-state index in [2.05, 4.69) is 5.10 Å². The highest BCUT2D eigenvalue weighted by atomic mass is 16.5. The fourth-order valence-electron chi connectivity index (χ4n) is 1.28. The third-order valence-corrected chi connectivity index (χ3v) is 1.99. The number of aromatic nitrogens is 2. The zero-order valence-electron chi connectivity index (χ0n) is 7.84. The Morgan fingerprint density at radius 3 is 2.86 bits per heavy atom. The molecule has 0 radical (unpaired) electrons. The molecule has 2 N–H and O–H groups in total. The molecule has 0 saturated heterocycles. The van der Waals surface area contributed by atoms with Crippen LogP contribution < -0.4 is 10.5 Å². The van der Waals surface area contributed by atoms with Crippen molar-refractivity contribution in [3.05, 3.63) is 36.7 Å². The van der Waals surface area contributed by atoms with E-state index >= 15 is 0 Å². The largest absolute Gasteiger partial charge is 0.497 e. The molecule has 4 heteroatoms. The number of nitrogens with two attached hydrogens (primary N) is 1. The van der Waals surface area contributed by atoms with Crippen LogP contribution in [0.15, 0.2) is 36.7 Å². The summed E-state index contributed by atoms with van der Waals surface area (Å²) < 4.78 is 6.77. The zero-order valence-corrected chi connectivity index (χ0v) is 7.84. The van der Waals surface area contributed by atoms with E-state index in [1.165, 1.54) is 0 Å². The van der Waals surface area contributed by atoms with Crippen molar-refractivity contribution < 1.29 is 4.74 Å². The number of anilines is 1. The molecule has 0 aliphatic heterocycles. The molecule has 0 aliphatic rings. The lowest BCUT2D eigenvalue weighted by atomic mass is 10.2. The molecule has 0 bridgehead atoms. The highest BCUT2D eigenvalue weighted by Crippen LogP contribution is 2.22. The number of benzene rings is 1. The van der Waals surface area contributed by atoms with Gasteiger partial charge in [0.1, 0.15) is 5.75 Å². The van der Waals surface area contributed by atoms with Gasteiger partial charge in [-0.15, -0.1) is 0 Å². The van der Waals surface area contributed by atoms with Gasteiger partial charge in [0.05, 0.1) is 18.5 Å². The summed E-state index contributed by atoms with van der Waals surface area (Å²) in [4.78, 5) is 0. The molecular weight excluding hydrogens is 178 g/mol. The predicted molar refractivity (Wildman–Crippen MR) is 54.5 cm³/mol. The van der Waals surface area contributed by atoms with E-state index in [-0.39, 0.29) is 0 Å². The van der Waals surface area contributed by atoms with Gasteiger partial charge in [-0.3, -0.25) is 0 Å². The van der Waals surface area contributed by atoms with Crippen LogP contribution >= 0.6 is 0 Å². The fraction of sp³-hybridized carbons (Fsp3) is 0.100. The van der Waals surface area contributed by atoms with Gasteiger partial charge < -0.3 is 10.5 Å². The molecule has 0 atom stereocenters. The lowest BCUT2D eigenvalue weighted by molar-refractivity contribution is 0.415. The van der Waals surface area contributed by atoms with Crippen LogP contribution in [0.1, 0.15) is 0 Å². The molecule has 1 aromatic heterocycles. The maximum absolute atomic E-state index is 5.85. The number of nitrogens with zero attached hydrogens (tertiary/aromatic N) is 2. The molecule has 0 saturated carbocycles. The van der Waals surface area contributed by atoms with E-state index in [1.807, 2.05) is 24.4 Å². The smallest absolute Gasteiger partial charge is 0.121 e. The van der Waals surface area contributed by atoms with Crippen LogP contribution in [0, 0.1) is 0 Å². The molecule has 4 nitrogen and oxygen atoms in total. The topological polar surface area (TPSA) is 53.1 Å². The Morgan fingerprint density at radius 2 is 2.29 bits per heavy atom. The normalized spacial score (nSPS) is 10.1. The first-order chi connectivity index (χ1) is 6.81. The zero-order chi connectivity index (χ0) is 9.97. The van der Waals surface area contributed by atoms with E-state index in [1.54, 1.807) is 24.1 Å². The predicted octanol–water partition coefficient (Wildman–Crippen LogP) is 1.46. The molecule has 2 aromatic rings. The minimum Gasteiger partial charge on any atom is -0.497 e. The van der Waals surface area contributed by atoms with E-state index in [4.69, 9.17) is 10.5 Å². The number of hydrogen-bond acceptors (Lipinski definition) is 3. The Morgan fingerprint density at radius 1 is 1.43 bits per heavy atom. The lowest BCUT2D eigenvalue weighted by Gasteiger charge is -2.07. The summed E-state index contributed by atoms with van der Waals surface area (Å²) in [5.74, 6) is 0.749. The first kappa shape index (κ1) is 8.62. The van der Waals surface area contributed by atoms with Gasteiger partial charge in [-0.25, -0.2) is 4.68 Å². The average Bonchev–Trinajstić information content (AvgIpc) is 2.70. The summed E-state index contributed by atoms with van der Waals surface area (Å²) >= 11 is 0. The molecule has 14 heavy (non-hydrogen) atoms. The standard InChI is InChI=1S/C10H11N3O/c1-14-8-3-4-10(9(11)7-8)13-6-2-5-12-13/h2-7H,11H2,1H3. The average molecular weight is 189 g/mol. The van der Waals surface area contributed by atoms with E-state index in [0.717, 1.165) is 11.4 Å². The summed E-state index contributed by atoms with van der Waals surface area (Å²) in [6.45, 7) is 0. The Kier molecular flexibility index (Phi) is 2.10. The van der Waals surface area contributed by atoms with Crippen LogP contribution in [0.5, 0.6) is 5.75 Å². The fourth-order valence-corrected chi connectivity index (χ4v) is 1.28. The van der Waals surface area contributed by atoms with Crippen LogP contribution in [0.25, 0.3) is 5.69 Å². The van der Waals surface area contributed by atoms with Crippen molar-refractivity contribution in [3.8, 4) is 11.4 Å². The van der Waals surface area contributed by atoms with Crippen molar-refractivity contribution in [2.24, 2.45) is 0 Å². The van der Waals surface area contributed by atoms with Crippen LogP contribution in [0.3, 0.4) is 0 Å². The number of nitrogen functional groups attached to an aromatic ring is 1. The van der Waals surface area contributed by atoms with Gasteiger partial charge in [0, 0.05) is 18.5 Å². The quantitative estimate of drug-likeness (QED) is 0.728.